The van der Waals surface area contributed by atoms with Crippen LogP contribution >= 0.6 is 12.4 Å². The Bertz CT molecular complexity index is 1090. The molecule has 0 fully saturated rings. The van der Waals surface area contributed by atoms with Crippen LogP contribution in [0.25, 0.3) is 0 Å². The summed E-state index contributed by atoms with van der Waals surface area (Å²) >= 11 is 0. The molecule has 1 amide bonds. The maximum Gasteiger partial charge on any atom is 0.244 e. The van der Waals surface area contributed by atoms with Gasteiger partial charge in [0.05, 0.1) is 13.2 Å². The van der Waals surface area contributed by atoms with Gasteiger partial charge in [0.2, 0.25) is 5.91 Å². The third-order valence-corrected chi connectivity index (χ3v) is 5.17. The molecule has 0 radical (unpaired) electrons. The fourth-order valence-corrected chi connectivity index (χ4v) is 3.68. The Hall–Kier alpha value is -3.71. The number of anilines is 1. The number of carbonyl (C=O) groups excluding carboxylic acids is 1. The second kappa shape index (κ2) is 12.5. The average molecular weight is 483 g/mol. The predicted octanol–water partition coefficient (Wildman–Crippen LogP) is 4.42. The van der Waals surface area contributed by atoms with Gasteiger partial charge in [0.1, 0.15) is 11.9 Å². The van der Waals surface area contributed by atoms with Crippen LogP contribution in [0.1, 0.15) is 36.6 Å². The van der Waals surface area contributed by atoms with E-state index in [1.54, 1.807) is 18.2 Å². The van der Waals surface area contributed by atoms with Crippen molar-refractivity contribution in [3.8, 4) is 11.5 Å². The molecule has 0 saturated carbocycles. The second-order valence-electron chi connectivity index (χ2n) is 7.45. The topological polar surface area (TPSA) is 115 Å². The van der Waals surface area contributed by atoms with Gasteiger partial charge >= 0.3 is 0 Å². The van der Waals surface area contributed by atoms with E-state index in [0.29, 0.717) is 42.4 Å². The number of nitrogen functional groups attached to an aromatic ring is 1. The molecule has 5 N–H and O–H groups in total. The minimum Gasteiger partial charge on any atom is -0.490 e. The molecule has 0 spiro atoms. The van der Waals surface area contributed by atoms with Crippen molar-refractivity contribution in [2.75, 3.05) is 18.1 Å². The highest BCUT2D eigenvalue weighted by Gasteiger charge is 2.28. The summed E-state index contributed by atoms with van der Waals surface area (Å²) in [6.07, 6.45) is 0. The molecule has 180 valence electrons. The maximum absolute atomic E-state index is 12.8. The Kier molecular flexibility index (Phi) is 9.76. The number of amides is 1. The van der Waals surface area contributed by atoms with E-state index in [9.17, 15) is 4.79 Å². The van der Waals surface area contributed by atoms with Crippen molar-refractivity contribution in [1.29, 1.82) is 5.41 Å². The molecule has 1 atom stereocenters. The van der Waals surface area contributed by atoms with E-state index in [1.807, 2.05) is 73.3 Å². The van der Waals surface area contributed by atoms with E-state index < -0.39 is 11.9 Å². The number of nitrogens with two attached hydrogens (primary N) is 2. The van der Waals surface area contributed by atoms with Crippen LogP contribution < -0.4 is 25.8 Å². The van der Waals surface area contributed by atoms with Gasteiger partial charge in [0, 0.05) is 17.8 Å². The van der Waals surface area contributed by atoms with Gasteiger partial charge in [-0.15, -0.1) is 12.4 Å². The molecule has 0 aromatic heterocycles. The first-order valence-corrected chi connectivity index (χ1v) is 10.9. The smallest absolute Gasteiger partial charge is 0.244 e. The quantitative estimate of drug-likeness (QED) is 0.276. The van der Waals surface area contributed by atoms with Crippen LogP contribution in [0.5, 0.6) is 11.5 Å². The fraction of sp³-hybridized carbons (Fsp3) is 0.231. The number of halogens is 1. The lowest BCUT2D eigenvalue weighted by atomic mass is 10.0. The van der Waals surface area contributed by atoms with Crippen molar-refractivity contribution in [1.82, 2.24) is 0 Å². The van der Waals surface area contributed by atoms with Crippen LogP contribution in [0, 0.1) is 5.41 Å². The van der Waals surface area contributed by atoms with Gasteiger partial charge in [-0.3, -0.25) is 10.2 Å². The lowest BCUT2D eigenvalue weighted by Gasteiger charge is -2.32. The van der Waals surface area contributed by atoms with E-state index >= 15 is 0 Å². The van der Waals surface area contributed by atoms with Crippen LogP contribution in [-0.2, 0) is 11.3 Å². The van der Waals surface area contributed by atoms with Gasteiger partial charge in [0.25, 0.3) is 0 Å². The molecule has 1 unspecified atom stereocenters. The summed E-state index contributed by atoms with van der Waals surface area (Å²) in [4.78, 5) is 14.8. The molecule has 8 heteroatoms. The van der Waals surface area contributed by atoms with Gasteiger partial charge in [0.15, 0.2) is 11.5 Å². The number of ether oxygens (including phenoxy) is 2. The van der Waals surface area contributed by atoms with Gasteiger partial charge in [-0.1, -0.05) is 36.4 Å². The first-order valence-electron chi connectivity index (χ1n) is 10.9. The van der Waals surface area contributed by atoms with E-state index in [1.165, 1.54) is 0 Å². The highest BCUT2D eigenvalue weighted by Crippen LogP contribution is 2.35. The number of benzene rings is 3. The van der Waals surface area contributed by atoms with Crippen LogP contribution in [0.15, 0.2) is 72.8 Å². The largest absolute Gasteiger partial charge is 0.490 e. The van der Waals surface area contributed by atoms with E-state index in [0.717, 1.165) is 11.3 Å². The van der Waals surface area contributed by atoms with E-state index in [-0.39, 0.29) is 18.2 Å². The monoisotopic (exact) mass is 482 g/mol. The summed E-state index contributed by atoms with van der Waals surface area (Å²) in [5.74, 6) is 0.671. The Balaban J connectivity index is 0.00000408. The lowest BCUT2D eigenvalue weighted by Crippen LogP contribution is -2.37. The van der Waals surface area contributed by atoms with Crippen LogP contribution in [-0.4, -0.2) is 25.0 Å². The molecule has 0 aliphatic carbocycles. The standard InChI is InChI=1S/C26H30N4O3.ClH/c1-3-32-22-15-12-20(16-23(22)33-4-2)24(26(29)31)30(17-18-8-6-5-7-9-18)21-13-10-19(11-14-21)25(27)28;/h5-16,24H,3-4,17H2,1-2H3,(H3,27,28)(H2,29,31);1H. The molecule has 3 rings (SSSR count). The lowest BCUT2D eigenvalue weighted by molar-refractivity contribution is -0.119. The molecular weight excluding hydrogens is 452 g/mol. The molecule has 3 aromatic carbocycles. The normalized spacial score (nSPS) is 11.1. The number of hydrogen-bond acceptors (Lipinski definition) is 5. The van der Waals surface area contributed by atoms with Crippen molar-refractivity contribution in [3.05, 3.63) is 89.5 Å². The summed E-state index contributed by atoms with van der Waals surface area (Å²) in [6, 6.07) is 21.8. The summed E-state index contributed by atoms with van der Waals surface area (Å²) in [5.41, 5.74) is 14.7. The van der Waals surface area contributed by atoms with Gasteiger partial charge < -0.3 is 25.8 Å². The zero-order chi connectivity index (χ0) is 23.8. The van der Waals surface area contributed by atoms with Crippen molar-refractivity contribution >= 4 is 29.8 Å². The van der Waals surface area contributed by atoms with Crippen molar-refractivity contribution in [2.45, 2.75) is 26.4 Å². The molecule has 3 aromatic rings. The average Bonchev–Trinajstić information content (AvgIpc) is 2.81. The number of nitrogens with one attached hydrogen (secondary N) is 1. The molecule has 0 saturated heterocycles. The Morgan fingerprint density at radius 2 is 1.53 bits per heavy atom. The zero-order valence-electron chi connectivity index (χ0n) is 19.4. The molecule has 0 bridgehead atoms. The fourth-order valence-electron chi connectivity index (χ4n) is 3.68. The SMILES string of the molecule is CCOc1ccc(C(C(N)=O)N(Cc2ccccc2)c2ccc(C(=N)N)cc2)cc1OCC.Cl. The van der Waals surface area contributed by atoms with Crippen LogP contribution in [0.2, 0.25) is 0 Å². The highest BCUT2D eigenvalue weighted by molar-refractivity contribution is 5.95. The van der Waals surface area contributed by atoms with Crippen LogP contribution in [0.4, 0.5) is 5.69 Å². The number of nitrogens with zero attached hydrogens (tertiary/aromatic N) is 1. The van der Waals surface area contributed by atoms with Crippen molar-refractivity contribution in [2.24, 2.45) is 11.5 Å². The number of carbonyl (C=O) groups is 1. The Labute approximate surface area is 206 Å². The third-order valence-electron chi connectivity index (χ3n) is 5.17. The Morgan fingerprint density at radius 1 is 0.912 bits per heavy atom. The summed E-state index contributed by atoms with van der Waals surface area (Å²) in [5, 5.41) is 7.66. The first-order chi connectivity index (χ1) is 15.9. The number of primary amides is 1. The number of rotatable bonds is 11. The summed E-state index contributed by atoms with van der Waals surface area (Å²) in [6.45, 7) is 5.21. The molecule has 0 heterocycles. The minimum absolute atomic E-state index is 0. The predicted molar refractivity (Wildman–Crippen MR) is 138 cm³/mol. The van der Waals surface area contributed by atoms with Crippen molar-refractivity contribution < 1.29 is 14.3 Å². The van der Waals surface area contributed by atoms with Gasteiger partial charge in [-0.25, -0.2) is 0 Å². The first kappa shape index (κ1) is 26.5. The van der Waals surface area contributed by atoms with Crippen LogP contribution in [0.3, 0.4) is 0 Å². The molecule has 34 heavy (non-hydrogen) atoms. The minimum atomic E-state index is -0.761. The number of hydrogen-bond donors (Lipinski definition) is 3. The summed E-state index contributed by atoms with van der Waals surface area (Å²) in [7, 11) is 0. The van der Waals surface area contributed by atoms with E-state index in [4.69, 9.17) is 26.4 Å². The molecule has 0 aliphatic heterocycles. The maximum atomic E-state index is 12.8. The number of amidine groups is 1. The van der Waals surface area contributed by atoms with E-state index in [2.05, 4.69) is 0 Å². The van der Waals surface area contributed by atoms with Gasteiger partial charge in [-0.2, -0.15) is 0 Å². The van der Waals surface area contributed by atoms with Gasteiger partial charge in [-0.05, 0) is 61.4 Å². The van der Waals surface area contributed by atoms with Crippen molar-refractivity contribution in [3.63, 3.8) is 0 Å². The summed E-state index contributed by atoms with van der Waals surface area (Å²) < 4.78 is 11.4. The molecule has 7 nitrogen and oxygen atoms in total. The molecule has 0 aliphatic rings. The second-order valence-corrected chi connectivity index (χ2v) is 7.45. The zero-order valence-corrected chi connectivity index (χ0v) is 20.2. The Morgan fingerprint density at radius 3 is 2.09 bits per heavy atom. The molecular formula is C26H31ClN4O3. The highest BCUT2D eigenvalue weighted by atomic mass is 35.5. The third kappa shape index (κ3) is 6.42.